The minimum absolute atomic E-state index is 0.0472. The van der Waals surface area contributed by atoms with Crippen LogP contribution in [0, 0.1) is 10.1 Å². The summed E-state index contributed by atoms with van der Waals surface area (Å²) in [5, 5.41) is 13.5. The number of nitrogens with one attached hydrogen (secondary N) is 1. The zero-order valence-electron chi connectivity index (χ0n) is 10.6. The van der Waals surface area contributed by atoms with Crippen LogP contribution in [0.1, 0.15) is 13.8 Å². The Bertz CT molecular complexity index is 499. The van der Waals surface area contributed by atoms with E-state index in [2.05, 4.69) is 10.3 Å². The molecule has 0 aliphatic carbocycles. The average Bonchev–Trinajstić information content (AvgIpc) is 2.29. The van der Waals surface area contributed by atoms with E-state index in [0.717, 1.165) is 11.4 Å². The largest absolute Gasteiger partial charge is 0.401 e. The number of non-ortho nitro benzene ring substituents is 1. The Hall–Kier alpha value is -2.37. The topological polar surface area (TPSA) is 93.5 Å². The summed E-state index contributed by atoms with van der Waals surface area (Å²) in [5.41, 5.74) is 8.53. The van der Waals surface area contributed by atoms with Gasteiger partial charge in [0.1, 0.15) is 0 Å². The number of aliphatic imine (C=N–C) groups is 1. The van der Waals surface area contributed by atoms with Crippen molar-refractivity contribution in [2.75, 3.05) is 7.05 Å². The second-order valence-corrected chi connectivity index (χ2v) is 3.78. The van der Waals surface area contributed by atoms with Crippen LogP contribution < -0.4 is 11.1 Å². The minimum atomic E-state index is -0.441. The summed E-state index contributed by atoms with van der Waals surface area (Å²) in [6.07, 6.45) is 0. The molecule has 0 amide bonds. The van der Waals surface area contributed by atoms with Gasteiger partial charge in [-0.1, -0.05) is 0 Å². The minimum Gasteiger partial charge on any atom is -0.401 e. The van der Waals surface area contributed by atoms with Gasteiger partial charge in [0.2, 0.25) is 0 Å². The molecule has 0 aliphatic heterocycles. The summed E-state index contributed by atoms with van der Waals surface area (Å²) in [5.74, 6) is 0. The van der Waals surface area contributed by atoms with E-state index < -0.39 is 4.92 Å². The number of rotatable bonds is 4. The normalized spacial score (nSPS) is 12.9. The van der Waals surface area contributed by atoms with Gasteiger partial charge in [0.25, 0.3) is 5.69 Å². The van der Waals surface area contributed by atoms with Crippen LogP contribution in [-0.4, -0.2) is 17.7 Å². The van der Waals surface area contributed by atoms with Gasteiger partial charge in [-0.05, 0) is 26.0 Å². The van der Waals surface area contributed by atoms with Gasteiger partial charge in [-0.2, -0.15) is 0 Å². The van der Waals surface area contributed by atoms with Crippen LogP contribution in [0.5, 0.6) is 0 Å². The molecule has 3 N–H and O–H groups in total. The maximum absolute atomic E-state index is 10.5. The first-order valence-electron chi connectivity index (χ1n) is 5.40. The van der Waals surface area contributed by atoms with Crippen LogP contribution >= 0.6 is 0 Å². The van der Waals surface area contributed by atoms with Crippen molar-refractivity contribution < 1.29 is 4.92 Å². The number of hydrogen-bond donors (Lipinski definition) is 2. The van der Waals surface area contributed by atoms with Gasteiger partial charge in [0, 0.05) is 24.9 Å². The first kappa shape index (κ1) is 13.7. The van der Waals surface area contributed by atoms with E-state index in [1.807, 2.05) is 6.92 Å². The Morgan fingerprint density at radius 1 is 1.33 bits per heavy atom. The highest BCUT2D eigenvalue weighted by molar-refractivity contribution is 5.99. The second-order valence-electron chi connectivity index (χ2n) is 3.78. The van der Waals surface area contributed by atoms with E-state index in [9.17, 15) is 10.1 Å². The predicted molar refractivity (Wildman–Crippen MR) is 71.8 cm³/mol. The smallest absolute Gasteiger partial charge is 0.269 e. The highest BCUT2D eigenvalue weighted by Gasteiger charge is 2.05. The van der Waals surface area contributed by atoms with Gasteiger partial charge >= 0.3 is 0 Å². The molecule has 0 atom stereocenters. The Kier molecular flexibility index (Phi) is 4.42. The molecule has 6 heteroatoms. The van der Waals surface area contributed by atoms with Gasteiger partial charge in [-0.3, -0.25) is 15.1 Å². The van der Waals surface area contributed by atoms with Crippen molar-refractivity contribution in [1.82, 2.24) is 5.32 Å². The lowest BCUT2D eigenvalue weighted by atomic mass is 10.2. The van der Waals surface area contributed by atoms with Crippen molar-refractivity contribution in [3.05, 3.63) is 45.8 Å². The van der Waals surface area contributed by atoms with Crippen molar-refractivity contribution in [2.24, 2.45) is 10.7 Å². The van der Waals surface area contributed by atoms with E-state index in [1.165, 1.54) is 12.1 Å². The molecule has 0 spiro atoms. The Morgan fingerprint density at radius 2 is 1.89 bits per heavy atom. The molecule has 0 radical (unpaired) electrons. The number of benzene rings is 1. The maximum Gasteiger partial charge on any atom is 0.269 e. The number of nitrogens with two attached hydrogens (primary N) is 1. The molecule has 0 fully saturated rings. The molecular formula is C12H16N4O2. The van der Waals surface area contributed by atoms with E-state index in [1.54, 1.807) is 26.1 Å². The molecule has 6 nitrogen and oxygen atoms in total. The number of nitro benzene ring substituents is 1. The average molecular weight is 248 g/mol. The van der Waals surface area contributed by atoms with Gasteiger partial charge in [0.15, 0.2) is 0 Å². The first-order valence-corrected chi connectivity index (χ1v) is 5.40. The van der Waals surface area contributed by atoms with E-state index in [4.69, 9.17) is 5.73 Å². The van der Waals surface area contributed by atoms with Gasteiger partial charge in [-0.25, -0.2) is 0 Å². The monoisotopic (exact) mass is 248 g/mol. The summed E-state index contributed by atoms with van der Waals surface area (Å²) in [6.45, 7) is 3.60. The lowest BCUT2D eigenvalue weighted by molar-refractivity contribution is -0.384. The molecule has 0 saturated carbocycles. The first-order chi connectivity index (χ1) is 8.45. The molecule has 0 unspecified atom stereocenters. The molecule has 18 heavy (non-hydrogen) atoms. The zero-order valence-corrected chi connectivity index (χ0v) is 10.6. The molecule has 1 rings (SSSR count). The third-order valence-electron chi connectivity index (χ3n) is 2.36. The standard InChI is InChI=1S/C12H16N4O2/c1-8(13)12(14-3)9(2)15-10-4-6-11(7-5-10)16(17)18/h4-7,14H,13H2,1-3H3. The van der Waals surface area contributed by atoms with E-state index in [-0.39, 0.29) is 5.69 Å². The summed E-state index contributed by atoms with van der Waals surface area (Å²) in [7, 11) is 1.76. The quantitative estimate of drug-likeness (QED) is 0.484. The molecule has 0 aliphatic rings. The van der Waals surface area contributed by atoms with Crippen LogP contribution in [0.15, 0.2) is 40.7 Å². The summed E-state index contributed by atoms with van der Waals surface area (Å²) in [4.78, 5) is 14.4. The SMILES string of the molecule is CNC(C(C)=Nc1ccc([N+](=O)[O-])cc1)=C(C)N. The third kappa shape index (κ3) is 3.31. The molecule has 0 bridgehead atoms. The number of allylic oxidation sites excluding steroid dienone is 2. The zero-order chi connectivity index (χ0) is 13.7. The van der Waals surface area contributed by atoms with Crippen molar-refractivity contribution >= 4 is 17.1 Å². The van der Waals surface area contributed by atoms with Crippen LogP contribution in [0.2, 0.25) is 0 Å². The summed E-state index contributed by atoms with van der Waals surface area (Å²) >= 11 is 0. The van der Waals surface area contributed by atoms with E-state index in [0.29, 0.717) is 11.4 Å². The number of nitrogens with zero attached hydrogens (tertiary/aromatic N) is 2. The van der Waals surface area contributed by atoms with Gasteiger partial charge < -0.3 is 11.1 Å². The molecule has 96 valence electrons. The van der Waals surface area contributed by atoms with Crippen LogP contribution in [0.4, 0.5) is 11.4 Å². The fourth-order valence-corrected chi connectivity index (χ4v) is 1.56. The van der Waals surface area contributed by atoms with Crippen molar-refractivity contribution in [1.29, 1.82) is 0 Å². The number of nitro groups is 1. The summed E-state index contributed by atoms with van der Waals surface area (Å²) in [6, 6.07) is 6.04. The lowest BCUT2D eigenvalue weighted by Gasteiger charge is -2.08. The fraction of sp³-hybridized carbons (Fsp3) is 0.250. The lowest BCUT2D eigenvalue weighted by Crippen LogP contribution is -2.18. The van der Waals surface area contributed by atoms with Crippen LogP contribution in [0.3, 0.4) is 0 Å². The van der Waals surface area contributed by atoms with Crippen LogP contribution in [0.25, 0.3) is 0 Å². The van der Waals surface area contributed by atoms with Gasteiger partial charge in [-0.15, -0.1) is 0 Å². The van der Waals surface area contributed by atoms with Crippen molar-refractivity contribution in [2.45, 2.75) is 13.8 Å². The van der Waals surface area contributed by atoms with E-state index >= 15 is 0 Å². The molecule has 0 saturated heterocycles. The van der Waals surface area contributed by atoms with Crippen LogP contribution in [-0.2, 0) is 0 Å². The highest BCUT2D eigenvalue weighted by Crippen LogP contribution is 2.18. The number of hydrogen-bond acceptors (Lipinski definition) is 5. The molecule has 1 aromatic rings. The third-order valence-corrected chi connectivity index (χ3v) is 2.36. The Labute approximate surface area is 105 Å². The highest BCUT2D eigenvalue weighted by atomic mass is 16.6. The van der Waals surface area contributed by atoms with Crippen molar-refractivity contribution in [3.8, 4) is 0 Å². The molecule has 1 aromatic carbocycles. The Morgan fingerprint density at radius 3 is 2.28 bits per heavy atom. The predicted octanol–water partition coefficient (Wildman–Crippen LogP) is 2.10. The Balaban J connectivity index is 3.03. The molecule has 0 heterocycles. The van der Waals surface area contributed by atoms with Crippen molar-refractivity contribution in [3.63, 3.8) is 0 Å². The molecule has 0 aromatic heterocycles. The van der Waals surface area contributed by atoms with Gasteiger partial charge in [0.05, 0.1) is 22.0 Å². The summed E-state index contributed by atoms with van der Waals surface area (Å²) < 4.78 is 0. The fourth-order valence-electron chi connectivity index (χ4n) is 1.56. The second kappa shape index (κ2) is 5.81. The molecular weight excluding hydrogens is 232 g/mol. The maximum atomic E-state index is 10.5.